The third-order valence-electron chi connectivity index (χ3n) is 21.9. The lowest BCUT2D eigenvalue weighted by molar-refractivity contribution is -0.143. The lowest BCUT2D eigenvalue weighted by Crippen LogP contribution is -2.43. The van der Waals surface area contributed by atoms with Crippen LogP contribution in [-0.2, 0) is 58.7 Å². The number of hydrogen-bond donors (Lipinski definition) is 8. The molecule has 5 aliphatic heterocycles. The predicted molar refractivity (Wildman–Crippen MR) is 421 cm³/mol. The van der Waals surface area contributed by atoms with Crippen molar-refractivity contribution in [3.8, 4) is 17.2 Å². The number of rotatable bonds is 29. The summed E-state index contributed by atoms with van der Waals surface area (Å²) >= 11 is 1.43. The zero-order valence-electron chi connectivity index (χ0n) is 64.0. The minimum absolute atomic E-state index is 0.00249. The fraction of sp³-hybridized carbons (Fsp3) is 0.397. The molecule has 16 atom stereocenters. The molecule has 5 saturated heterocycles. The number of nitrogen functional groups attached to an aromatic ring is 4. The van der Waals surface area contributed by atoms with Crippen LogP contribution in [0.3, 0.4) is 0 Å². The summed E-state index contributed by atoms with van der Waals surface area (Å²) < 4.78 is 93.4. The van der Waals surface area contributed by atoms with Crippen LogP contribution in [0.15, 0.2) is 171 Å². The van der Waals surface area contributed by atoms with Crippen LogP contribution in [0.2, 0.25) is 0 Å². The van der Waals surface area contributed by atoms with Gasteiger partial charge in [0.2, 0.25) is 11.9 Å². The van der Waals surface area contributed by atoms with Gasteiger partial charge in [0.15, 0.2) is 34.5 Å². The summed E-state index contributed by atoms with van der Waals surface area (Å²) in [6.45, 7) is 0.491. The topological polar surface area (TPSA) is 505 Å². The first kappa shape index (κ1) is 78.9. The summed E-state index contributed by atoms with van der Waals surface area (Å²) in [7, 11) is 4.77. The van der Waals surface area contributed by atoms with E-state index in [0.717, 1.165) is 15.7 Å². The molecule has 0 aliphatic carbocycles. The fourth-order valence-corrected chi connectivity index (χ4v) is 16.7. The molecular weight excluding hydrogens is 1550 g/mol. The molecule has 40 heteroatoms. The third kappa shape index (κ3) is 15.6. The molecule has 118 heavy (non-hydrogen) atoms. The number of benzene rings is 4. The number of aromatic nitrogens is 16. The second-order valence-corrected chi connectivity index (χ2v) is 30.0. The molecule has 4 aromatic carbocycles. The average molecular weight is 1640 g/mol. The Bertz CT molecular complexity index is 5790. The first-order valence-corrected chi connectivity index (χ1v) is 38.9. The van der Waals surface area contributed by atoms with Gasteiger partial charge in [0.05, 0.1) is 97.8 Å². The van der Waals surface area contributed by atoms with Crippen molar-refractivity contribution in [3.63, 3.8) is 0 Å². The number of aliphatic hydroxyl groups excluding tert-OH is 2. The Morgan fingerprint density at radius 2 is 1.05 bits per heavy atom. The minimum Gasteiger partial charge on any atom is -0.497 e. The van der Waals surface area contributed by atoms with Crippen molar-refractivity contribution >= 4 is 68.8 Å². The number of fused-ring (bicyclic) bond motifs is 3. The number of aliphatic hydroxyl groups is 2. The van der Waals surface area contributed by atoms with Crippen LogP contribution in [0.1, 0.15) is 84.6 Å². The summed E-state index contributed by atoms with van der Waals surface area (Å²) in [5.41, 5.74) is 26.1. The molecule has 0 radical (unpaired) electrons. The summed E-state index contributed by atoms with van der Waals surface area (Å²) in [5.74, 6) is 2.36. The highest BCUT2D eigenvalue weighted by Gasteiger charge is 2.51. The van der Waals surface area contributed by atoms with Gasteiger partial charge in [-0.05, 0) is 71.6 Å². The Kier molecular flexibility index (Phi) is 22.3. The van der Waals surface area contributed by atoms with Crippen molar-refractivity contribution in [1.29, 1.82) is 0 Å². The molecule has 12 N–H and O–H groups in total. The minimum atomic E-state index is -1.56. The number of thioether (sulfide) groups is 1. The number of nitrogens with one attached hydrogen (secondary N) is 2. The maximum Gasteiger partial charge on any atom is 0.351 e. The van der Waals surface area contributed by atoms with Crippen LogP contribution < -0.4 is 59.6 Å². The molecule has 17 rings (SSSR count). The average Bonchev–Trinajstić information content (AvgIpc) is 1.02. The molecule has 0 unspecified atom stereocenters. The molecule has 5 aliphatic rings. The molecule has 0 saturated carbocycles. The van der Waals surface area contributed by atoms with E-state index in [1.807, 2.05) is 103 Å². The van der Waals surface area contributed by atoms with Gasteiger partial charge in [0, 0.05) is 49.4 Å². The third-order valence-corrected chi connectivity index (χ3v) is 22.9. The van der Waals surface area contributed by atoms with Crippen molar-refractivity contribution < 1.29 is 71.8 Å². The SMILES string of the molecule is COc1ccc(CSc2nc(N)nc3c2ncn3[C@H]2C[C@H](OC[C@H]3O[C@@H](n4cnc5c(=O)[nH]c(N)nc54)C[C@@H]3OC[C@H]3O[C@@H](n4cc(C)c(=O)[nH]c4=O)C[C@@H]3O)[C@@H](CO[C@H]3C[C@H](n4cnc5c(N)ncnc54)O[C@@H]3CO[C@H]3[C@@H](O)[C@H](n4ccc(N)nc4=O)O[C@@H]3COC(c3ccccc3)(c3ccc(OC)cc3)c3ccc(OC)cc3)O2)cc1. The second-order valence-electron chi connectivity index (χ2n) is 29.0. The van der Waals surface area contributed by atoms with Crippen molar-refractivity contribution in [2.75, 3.05) is 77.3 Å². The number of anilines is 4. The number of nitrogens with two attached hydrogens (primary N) is 4. The molecule has 0 amide bonds. The van der Waals surface area contributed by atoms with Crippen LogP contribution in [0, 0.1) is 6.92 Å². The highest BCUT2D eigenvalue weighted by atomic mass is 32.2. The van der Waals surface area contributed by atoms with E-state index in [4.69, 9.17) is 94.5 Å². The van der Waals surface area contributed by atoms with Gasteiger partial charge in [-0.3, -0.25) is 42.4 Å². The van der Waals surface area contributed by atoms with Gasteiger partial charge in [0.1, 0.15) is 119 Å². The number of aryl methyl sites for hydroxylation is 1. The first-order chi connectivity index (χ1) is 57.3. The maximum absolute atomic E-state index is 13.8. The van der Waals surface area contributed by atoms with Gasteiger partial charge < -0.3 is 94.7 Å². The Balaban J connectivity index is 0.688. The molecule has 5 fully saturated rings. The van der Waals surface area contributed by atoms with Crippen molar-refractivity contribution in [2.45, 2.75) is 147 Å². The molecule has 0 spiro atoms. The van der Waals surface area contributed by atoms with Gasteiger partial charge in [-0.25, -0.2) is 39.5 Å². The molecule has 39 nitrogen and oxygen atoms in total. The Labute approximate surface area is 673 Å². The number of H-pyrrole nitrogens is 2. The van der Waals surface area contributed by atoms with Gasteiger partial charge in [-0.1, -0.05) is 78.5 Å². The van der Waals surface area contributed by atoms with Gasteiger partial charge in [0.25, 0.3) is 11.1 Å². The predicted octanol–water partition coefficient (Wildman–Crippen LogP) is 3.88. The van der Waals surface area contributed by atoms with E-state index < -0.39 is 126 Å². The monoisotopic (exact) mass is 1640 g/mol. The van der Waals surface area contributed by atoms with Crippen molar-refractivity contribution in [1.82, 2.24) is 77.7 Å². The number of ether oxygens (including phenoxy) is 13. The van der Waals surface area contributed by atoms with E-state index >= 15 is 0 Å². The van der Waals surface area contributed by atoms with Gasteiger partial charge >= 0.3 is 11.4 Å². The van der Waals surface area contributed by atoms with Crippen LogP contribution in [0.4, 0.5) is 23.5 Å². The van der Waals surface area contributed by atoms with E-state index in [0.29, 0.717) is 61.5 Å². The molecule has 13 heterocycles. The fourth-order valence-electron chi connectivity index (χ4n) is 15.8. The lowest BCUT2D eigenvalue weighted by atomic mass is 9.80. The molecule has 12 aromatic rings. The van der Waals surface area contributed by atoms with Crippen LogP contribution in [0.5, 0.6) is 17.2 Å². The smallest absolute Gasteiger partial charge is 0.351 e. The van der Waals surface area contributed by atoms with Crippen LogP contribution in [0.25, 0.3) is 33.5 Å². The van der Waals surface area contributed by atoms with E-state index in [9.17, 15) is 29.4 Å². The molecule has 8 aromatic heterocycles. The highest BCUT2D eigenvalue weighted by molar-refractivity contribution is 7.98. The van der Waals surface area contributed by atoms with E-state index in [2.05, 4.69) is 44.9 Å². The zero-order valence-corrected chi connectivity index (χ0v) is 64.8. The van der Waals surface area contributed by atoms with Crippen molar-refractivity contribution in [2.24, 2.45) is 0 Å². The van der Waals surface area contributed by atoms with Gasteiger partial charge in [-0.2, -0.15) is 15.0 Å². The second kappa shape index (κ2) is 33.4. The standard InChI is InChI=1S/C78H84N20O19S/c1-39-28-95(77(104)92-70(39)101)57-24-47(99)51(113-57)29-108-48-26-59(97-37-86-62-68(97)89-74(81)91-71(62)102)114-52(48)30-109-49-27-60(98-38-87-63-69(98)90-75(82)93-72(63)118-34-40-10-16-44(105-2)17-11-40)115-53(49)31-110-50-25-58(96-36-85-61-66(80)83-35-84-67(61)96)116-54(50)32-111-65-55(117-73(64(65)100)94-23-22-56(79)88-76(94)103)33-112-78(41-8-6-5-7-9-41,42-12-18-45(106-3)19-13-42)43-14-20-46(107-4)21-15-43/h5-23,28,35-38,47-55,57-60,64-65,73,99-100H,24-27,29-34H2,1-4H3,(H2,79,88,103)(H2,80,83,84)(H2,82,90,93)(H,92,101,104)(H3,81,89,91,102)/t47-,48-,49-,50-,51+,52+,53+,54+,55+,57+,58+,59+,60+,64+,65+,73+/m0/s1. The first-order valence-electron chi connectivity index (χ1n) is 37.9. The lowest BCUT2D eigenvalue weighted by Gasteiger charge is -2.37. The maximum atomic E-state index is 13.8. The largest absolute Gasteiger partial charge is 0.497 e. The Hall–Kier alpha value is -11.6. The highest BCUT2D eigenvalue weighted by Crippen LogP contribution is 2.46. The van der Waals surface area contributed by atoms with E-state index in [1.54, 1.807) is 54.6 Å². The number of nitrogens with zero attached hydrogens (tertiary/aromatic N) is 14. The summed E-state index contributed by atoms with van der Waals surface area (Å²) in [6, 6.07) is 33.7. The molecule has 0 bridgehead atoms. The van der Waals surface area contributed by atoms with Gasteiger partial charge in [-0.15, -0.1) is 0 Å². The quantitative estimate of drug-likeness (QED) is 0.0187. The zero-order chi connectivity index (χ0) is 81.6. The summed E-state index contributed by atoms with van der Waals surface area (Å²) in [5, 5.41) is 24.7. The normalized spacial score (nSPS) is 25.2. The number of aromatic amines is 2. The van der Waals surface area contributed by atoms with Crippen LogP contribution >= 0.6 is 11.8 Å². The molecular formula is C78H84N20O19S. The Morgan fingerprint density at radius 3 is 1.65 bits per heavy atom. The molecule has 616 valence electrons. The Morgan fingerprint density at radius 1 is 0.517 bits per heavy atom. The number of methoxy groups -OCH3 is 3. The summed E-state index contributed by atoms with van der Waals surface area (Å²) in [4.78, 5) is 97.4. The van der Waals surface area contributed by atoms with E-state index in [1.165, 1.54) is 47.4 Å². The summed E-state index contributed by atoms with van der Waals surface area (Å²) in [6.07, 6.45) is -7.10. The van der Waals surface area contributed by atoms with Crippen LogP contribution in [-0.4, -0.2) is 209 Å². The van der Waals surface area contributed by atoms with Crippen molar-refractivity contribution in [3.05, 3.63) is 216 Å². The van der Waals surface area contributed by atoms with E-state index in [-0.39, 0.29) is 99.0 Å². The number of hydrogen-bond acceptors (Lipinski definition) is 33. The number of imidazole rings is 3.